The highest BCUT2D eigenvalue weighted by Crippen LogP contribution is 2.24. The molecule has 0 spiro atoms. The van der Waals surface area contributed by atoms with Crippen molar-refractivity contribution in [2.45, 2.75) is 13.3 Å². The number of fused-ring (bicyclic) bond motifs is 1. The standard InChI is InChI=1S/C22H17ClN2O2/c1-2-19-14-21(25(24-19)20-9-5-8-18(23)13-20)27-22(26)17-11-10-15-6-3-4-7-16(15)12-17/h3-14H,2H2,1H3. The second-order valence-corrected chi connectivity index (χ2v) is 6.61. The summed E-state index contributed by atoms with van der Waals surface area (Å²) >= 11 is 6.10. The Bertz CT molecular complexity index is 1130. The number of ether oxygens (including phenoxy) is 1. The average molecular weight is 377 g/mol. The first-order valence-electron chi connectivity index (χ1n) is 8.70. The molecule has 134 valence electrons. The summed E-state index contributed by atoms with van der Waals surface area (Å²) in [7, 11) is 0. The van der Waals surface area contributed by atoms with E-state index in [0.717, 1.165) is 28.6 Å². The summed E-state index contributed by atoms with van der Waals surface area (Å²) in [5, 5.41) is 7.17. The van der Waals surface area contributed by atoms with E-state index in [1.807, 2.05) is 55.5 Å². The van der Waals surface area contributed by atoms with Crippen LogP contribution < -0.4 is 4.74 Å². The Morgan fingerprint density at radius 1 is 1.00 bits per heavy atom. The third-order valence-corrected chi connectivity index (χ3v) is 4.56. The largest absolute Gasteiger partial charge is 0.404 e. The zero-order valence-corrected chi connectivity index (χ0v) is 15.5. The number of esters is 1. The maximum absolute atomic E-state index is 12.7. The molecule has 1 aromatic heterocycles. The second-order valence-electron chi connectivity index (χ2n) is 6.17. The van der Waals surface area contributed by atoms with Crippen molar-refractivity contribution in [2.75, 3.05) is 0 Å². The highest BCUT2D eigenvalue weighted by molar-refractivity contribution is 6.30. The van der Waals surface area contributed by atoms with E-state index in [9.17, 15) is 4.79 Å². The van der Waals surface area contributed by atoms with Gasteiger partial charge in [0, 0.05) is 11.1 Å². The van der Waals surface area contributed by atoms with Crippen LogP contribution in [-0.4, -0.2) is 15.7 Å². The number of halogens is 1. The molecule has 0 fully saturated rings. The van der Waals surface area contributed by atoms with E-state index in [-0.39, 0.29) is 0 Å². The number of carbonyl (C=O) groups excluding carboxylic acids is 1. The lowest BCUT2D eigenvalue weighted by atomic mass is 10.1. The fourth-order valence-corrected chi connectivity index (χ4v) is 3.10. The number of carbonyl (C=O) groups is 1. The monoisotopic (exact) mass is 376 g/mol. The molecule has 5 heteroatoms. The zero-order chi connectivity index (χ0) is 18.8. The van der Waals surface area contributed by atoms with E-state index in [0.29, 0.717) is 16.5 Å². The topological polar surface area (TPSA) is 44.1 Å². The molecule has 27 heavy (non-hydrogen) atoms. The lowest BCUT2D eigenvalue weighted by molar-refractivity contribution is 0.0723. The van der Waals surface area contributed by atoms with Gasteiger partial charge in [-0.2, -0.15) is 5.10 Å². The number of aromatic nitrogens is 2. The fourth-order valence-electron chi connectivity index (χ4n) is 2.92. The predicted molar refractivity (Wildman–Crippen MR) is 107 cm³/mol. The number of hydrogen-bond acceptors (Lipinski definition) is 3. The Labute approximate surface area is 162 Å². The van der Waals surface area contributed by atoms with Gasteiger partial charge in [-0.15, -0.1) is 0 Å². The molecule has 0 aliphatic rings. The van der Waals surface area contributed by atoms with Gasteiger partial charge in [0.05, 0.1) is 16.9 Å². The van der Waals surface area contributed by atoms with Crippen LogP contribution in [0.4, 0.5) is 0 Å². The number of nitrogens with zero attached hydrogens (tertiary/aromatic N) is 2. The second kappa shape index (κ2) is 7.25. The molecule has 0 aliphatic heterocycles. The molecule has 0 atom stereocenters. The normalized spacial score (nSPS) is 10.9. The Hall–Kier alpha value is -3.11. The molecule has 0 saturated heterocycles. The van der Waals surface area contributed by atoms with Crippen LogP contribution in [0.25, 0.3) is 16.5 Å². The molecule has 4 rings (SSSR count). The number of hydrogen-bond donors (Lipinski definition) is 0. The van der Waals surface area contributed by atoms with Gasteiger partial charge in [-0.1, -0.05) is 54.9 Å². The summed E-state index contributed by atoms with van der Waals surface area (Å²) in [6.45, 7) is 2.00. The van der Waals surface area contributed by atoms with Gasteiger partial charge in [0.1, 0.15) is 0 Å². The molecule has 4 aromatic rings. The van der Waals surface area contributed by atoms with Gasteiger partial charge in [-0.05, 0) is 47.5 Å². The molecule has 0 unspecified atom stereocenters. The van der Waals surface area contributed by atoms with Gasteiger partial charge in [0.25, 0.3) is 0 Å². The molecule has 0 N–H and O–H groups in total. The molecule has 0 radical (unpaired) electrons. The molecular weight excluding hydrogens is 360 g/mol. The van der Waals surface area contributed by atoms with Crippen LogP contribution in [0.15, 0.2) is 72.8 Å². The van der Waals surface area contributed by atoms with Crippen molar-refractivity contribution in [3.8, 4) is 11.6 Å². The van der Waals surface area contributed by atoms with Gasteiger partial charge in [-0.25, -0.2) is 9.48 Å². The lowest BCUT2D eigenvalue weighted by Crippen LogP contribution is -2.11. The van der Waals surface area contributed by atoms with Gasteiger partial charge >= 0.3 is 5.97 Å². The number of aryl methyl sites for hydroxylation is 1. The van der Waals surface area contributed by atoms with Gasteiger partial charge in [0.15, 0.2) is 0 Å². The van der Waals surface area contributed by atoms with Crippen LogP contribution in [0.1, 0.15) is 23.0 Å². The zero-order valence-electron chi connectivity index (χ0n) is 14.7. The maximum atomic E-state index is 12.7. The molecule has 0 aliphatic carbocycles. The van der Waals surface area contributed by atoms with Crippen LogP contribution in [0, 0.1) is 0 Å². The van der Waals surface area contributed by atoms with Crippen molar-refractivity contribution < 1.29 is 9.53 Å². The summed E-state index contributed by atoms with van der Waals surface area (Å²) in [6, 6.07) is 22.4. The third-order valence-electron chi connectivity index (χ3n) is 4.32. The summed E-state index contributed by atoms with van der Waals surface area (Å²) in [5.74, 6) is -0.0566. The van der Waals surface area contributed by atoms with E-state index < -0.39 is 5.97 Å². The van der Waals surface area contributed by atoms with Gasteiger partial charge in [-0.3, -0.25) is 0 Å². The highest BCUT2D eigenvalue weighted by atomic mass is 35.5. The quantitative estimate of drug-likeness (QED) is 0.444. The van der Waals surface area contributed by atoms with E-state index in [1.54, 1.807) is 28.9 Å². The van der Waals surface area contributed by atoms with Crippen molar-refractivity contribution in [3.05, 3.63) is 89.1 Å². The summed E-state index contributed by atoms with van der Waals surface area (Å²) in [4.78, 5) is 12.7. The summed E-state index contributed by atoms with van der Waals surface area (Å²) in [5.41, 5.74) is 2.06. The predicted octanol–water partition coefficient (Wildman–Crippen LogP) is 5.46. The minimum atomic E-state index is -0.424. The Morgan fingerprint density at radius 2 is 1.81 bits per heavy atom. The van der Waals surface area contributed by atoms with Crippen molar-refractivity contribution in [3.63, 3.8) is 0 Å². The number of benzene rings is 3. The Morgan fingerprint density at radius 3 is 2.59 bits per heavy atom. The Kier molecular flexibility index (Phi) is 4.65. The van der Waals surface area contributed by atoms with E-state index in [1.165, 1.54) is 0 Å². The van der Waals surface area contributed by atoms with Crippen molar-refractivity contribution in [1.29, 1.82) is 0 Å². The first-order chi connectivity index (χ1) is 13.1. The molecule has 3 aromatic carbocycles. The van der Waals surface area contributed by atoms with Crippen molar-refractivity contribution in [1.82, 2.24) is 9.78 Å². The SMILES string of the molecule is CCc1cc(OC(=O)c2ccc3ccccc3c2)n(-c2cccc(Cl)c2)n1. The summed E-state index contributed by atoms with van der Waals surface area (Å²) < 4.78 is 7.28. The first kappa shape index (κ1) is 17.3. The molecule has 4 nitrogen and oxygen atoms in total. The molecule has 0 amide bonds. The average Bonchev–Trinajstić information content (AvgIpc) is 3.10. The maximum Gasteiger partial charge on any atom is 0.344 e. The van der Waals surface area contributed by atoms with E-state index >= 15 is 0 Å². The third kappa shape index (κ3) is 3.57. The summed E-state index contributed by atoms with van der Waals surface area (Å²) in [6.07, 6.45) is 0.730. The fraction of sp³-hybridized carbons (Fsp3) is 0.0909. The first-order valence-corrected chi connectivity index (χ1v) is 9.07. The number of rotatable bonds is 4. The van der Waals surface area contributed by atoms with Crippen molar-refractivity contribution in [2.24, 2.45) is 0 Å². The molecule has 0 bridgehead atoms. The van der Waals surface area contributed by atoms with Crippen LogP contribution in [0.5, 0.6) is 5.88 Å². The lowest BCUT2D eigenvalue weighted by Gasteiger charge is -2.09. The van der Waals surface area contributed by atoms with Crippen LogP contribution in [-0.2, 0) is 6.42 Å². The van der Waals surface area contributed by atoms with Crippen LogP contribution >= 0.6 is 11.6 Å². The van der Waals surface area contributed by atoms with Crippen LogP contribution in [0.3, 0.4) is 0 Å². The highest BCUT2D eigenvalue weighted by Gasteiger charge is 2.16. The van der Waals surface area contributed by atoms with Crippen molar-refractivity contribution >= 4 is 28.3 Å². The Balaban J connectivity index is 1.68. The molecule has 0 saturated carbocycles. The smallest absolute Gasteiger partial charge is 0.344 e. The molecule has 1 heterocycles. The molecular formula is C22H17ClN2O2. The van der Waals surface area contributed by atoms with Crippen LogP contribution in [0.2, 0.25) is 5.02 Å². The van der Waals surface area contributed by atoms with Gasteiger partial charge in [0.2, 0.25) is 5.88 Å². The van der Waals surface area contributed by atoms with Gasteiger partial charge < -0.3 is 4.74 Å². The minimum Gasteiger partial charge on any atom is -0.404 e. The minimum absolute atomic E-state index is 0.368. The van der Waals surface area contributed by atoms with E-state index in [4.69, 9.17) is 16.3 Å². The van der Waals surface area contributed by atoms with E-state index in [2.05, 4.69) is 5.10 Å².